The number of nitrogens with zero attached hydrogens (tertiary/aromatic N) is 2. The van der Waals surface area contributed by atoms with E-state index in [9.17, 15) is 0 Å². The van der Waals surface area contributed by atoms with Gasteiger partial charge in [-0.2, -0.15) is 4.98 Å². The highest BCUT2D eigenvalue weighted by Crippen LogP contribution is 2.24. The van der Waals surface area contributed by atoms with Gasteiger partial charge < -0.3 is 9.84 Å². The van der Waals surface area contributed by atoms with Crippen LogP contribution in [-0.2, 0) is 12.3 Å². The third-order valence-electron chi connectivity index (χ3n) is 2.53. The summed E-state index contributed by atoms with van der Waals surface area (Å²) in [6, 6.07) is 8.28. The topological polar surface area (TPSA) is 51.0 Å². The fraction of sp³-hybridized carbons (Fsp3) is 0.286. The van der Waals surface area contributed by atoms with Crippen LogP contribution in [0.3, 0.4) is 0 Å². The number of aromatic nitrogens is 2. The molecule has 5 heteroatoms. The summed E-state index contributed by atoms with van der Waals surface area (Å²) in [4.78, 5) is 5.58. The van der Waals surface area contributed by atoms with Gasteiger partial charge in [-0.05, 0) is 18.6 Å². The zero-order chi connectivity index (χ0) is 13.5. The van der Waals surface area contributed by atoms with Crippen molar-refractivity contribution in [2.75, 3.05) is 6.54 Å². The first kappa shape index (κ1) is 13.8. The van der Waals surface area contributed by atoms with E-state index in [0.29, 0.717) is 12.4 Å². The summed E-state index contributed by atoms with van der Waals surface area (Å²) in [6.07, 6.45) is 1.80. The molecule has 0 aliphatic heterocycles. The van der Waals surface area contributed by atoms with Crippen LogP contribution in [-0.4, -0.2) is 16.7 Å². The van der Waals surface area contributed by atoms with E-state index in [0.717, 1.165) is 18.1 Å². The molecule has 0 aliphatic carbocycles. The van der Waals surface area contributed by atoms with Crippen LogP contribution in [0.25, 0.3) is 0 Å². The highest BCUT2D eigenvalue weighted by molar-refractivity contribution is 7.98. The summed E-state index contributed by atoms with van der Waals surface area (Å²) in [6.45, 7) is 7.05. The van der Waals surface area contributed by atoms with Gasteiger partial charge in [0.05, 0.1) is 12.3 Å². The van der Waals surface area contributed by atoms with Crippen molar-refractivity contribution in [1.29, 1.82) is 0 Å². The Bertz CT molecular complexity index is 539. The number of rotatable bonds is 7. The zero-order valence-electron chi connectivity index (χ0n) is 10.9. The third kappa shape index (κ3) is 4.22. The second-order valence-corrected chi connectivity index (χ2v) is 5.10. The summed E-state index contributed by atoms with van der Waals surface area (Å²) < 4.78 is 5.16. The van der Waals surface area contributed by atoms with Gasteiger partial charge in [0.15, 0.2) is 5.82 Å². The lowest BCUT2D eigenvalue weighted by Crippen LogP contribution is -2.12. The van der Waals surface area contributed by atoms with E-state index in [1.807, 2.05) is 12.1 Å². The molecule has 0 radical (unpaired) electrons. The molecular formula is C14H17N3OS. The number of hydrogen-bond donors (Lipinski definition) is 1. The number of benzene rings is 1. The van der Waals surface area contributed by atoms with E-state index in [4.69, 9.17) is 4.52 Å². The maximum atomic E-state index is 5.16. The van der Waals surface area contributed by atoms with Gasteiger partial charge in [0.2, 0.25) is 5.89 Å². The molecular weight excluding hydrogens is 258 g/mol. The van der Waals surface area contributed by atoms with Crippen molar-refractivity contribution in [2.45, 2.75) is 24.1 Å². The smallest absolute Gasteiger partial charge is 0.240 e. The Hall–Kier alpha value is -1.59. The molecule has 1 aromatic carbocycles. The van der Waals surface area contributed by atoms with E-state index < -0.39 is 0 Å². The van der Waals surface area contributed by atoms with Crippen LogP contribution in [0.2, 0.25) is 0 Å². The summed E-state index contributed by atoms with van der Waals surface area (Å²) in [5.74, 6) is 2.06. The lowest BCUT2D eigenvalue weighted by atomic mass is 10.2. The van der Waals surface area contributed by atoms with Crippen molar-refractivity contribution >= 4 is 11.8 Å². The Balaban J connectivity index is 1.86. The minimum absolute atomic E-state index is 0.577. The first-order chi connectivity index (χ1) is 9.29. The van der Waals surface area contributed by atoms with Crippen LogP contribution in [0, 0.1) is 6.92 Å². The second kappa shape index (κ2) is 7.11. The van der Waals surface area contributed by atoms with E-state index in [-0.39, 0.29) is 0 Å². The highest BCUT2D eigenvalue weighted by atomic mass is 32.2. The quantitative estimate of drug-likeness (QED) is 0.478. The molecule has 2 aromatic rings. The summed E-state index contributed by atoms with van der Waals surface area (Å²) in [7, 11) is 0. The number of nitrogens with one attached hydrogen (secondary N) is 1. The molecule has 4 nitrogen and oxygen atoms in total. The first-order valence-corrected chi connectivity index (χ1v) is 7.09. The fourth-order valence-electron chi connectivity index (χ4n) is 1.56. The van der Waals surface area contributed by atoms with Crippen LogP contribution in [0.4, 0.5) is 0 Å². The van der Waals surface area contributed by atoms with Gasteiger partial charge in [-0.3, -0.25) is 0 Å². The molecule has 1 aromatic heterocycles. The minimum atomic E-state index is 0.577. The SMILES string of the molecule is C=CCNCc1nc(CSc2ccccc2C)no1. The molecule has 100 valence electrons. The Labute approximate surface area is 117 Å². The molecule has 1 N–H and O–H groups in total. The van der Waals surface area contributed by atoms with Crippen LogP contribution in [0.5, 0.6) is 0 Å². The molecule has 1 heterocycles. The Morgan fingerprint density at radius 2 is 2.26 bits per heavy atom. The predicted molar refractivity (Wildman–Crippen MR) is 76.9 cm³/mol. The Morgan fingerprint density at radius 1 is 1.42 bits per heavy atom. The standard InChI is InChI=1S/C14H17N3OS/c1-3-8-15-9-14-16-13(17-18-14)10-19-12-7-5-4-6-11(12)2/h3-7,15H,1,8-10H2,2H3. The van der Waals surface area contributed by atoms with Gasteiger partial charge in [0.25, 0.3) is 0 Å². The molecule has 0 amide bonds. The van der Waals surface area contributed by atoms with Gasteiger partial charge in [0, 0.05) is 11.4 Å². The highest BCUT2D eigenvalue weighted by Gasteiger charge is 2.07. The Morgan fingerprint density at radius 3 is 3.05 bits per heavy atom. The fourth-order valence-corrected chi connectivity index (χ4v) is 2.43. The number of thioether (sulfide) groups is 1. The van der Waals surface area contributed by atoms with Crippen molar-refractivity contribution in [3.8, 4) is 0 Å². The van der Waals surface area contributed by atoms with E-state index >= 15 is 0 Å². The first-order valence-electron chi connectivity index (χ1n) is 6.11. The average Bonchev–Trinajstić information content (AvgIpc) is 2.86. The molecule has 2 rings (SSSR count). The Kier molecular flexibility index (Phi) is 5.18. The molecule has 19 heavy (non-hydrogen) atoms. The molecule has 0 unspecified atom stereocenters. The molecule has 0 saturated carbocycles. The van der Waals surface area contributed by atoms with Gasteiger partial charge in [-0.25, -0.2) is 0 Å². The van der Waals surface area contributed by atoms with Crippen molar-refractivity contribution in [3.05, 3.63) is 54.2 Å². The van der Waals surface area contributed by atoms with Crippen LogP contribution in [0.15, 0.2) is 46.3 Å². The van der Waals surface area contributed by atoms with Crippen LogP contribution < -0.4 is 5.32 Å². The van der Waals surface area contributed by atoms with Crippen molar-refractivity contribution in [1.82, 2.24) is 15.5 Å². The van der Waals surface area contributed by atoms with Gasteiger partial charge in [-0.15, -0.1) is 18.3 Å². The minimum Gasteiger partial charge on any atom is -0.338 e. The van der Waals surface area contributed by atoms with Crippen LogP contribution >= 0.6 is 11.8 Å². The van der Waals surface area contributed by atoms with Crippen molar-refractivity contribution < 1.29 is 4.52 Å². The normalized spacial score (nSPS) is 10.6. The molecule has 0 bridgehead atoms. The molecule has 0 aliphatic rings. The monoisotopic (exact) mass is 275 g/mol. The molecule has 0 atom stereocenters. The van der Waals surface area contributed by atoms with E-state index in [1.165, 1.54) is 10.5 Å². The summed E-state index contributed by atoms with van der Waals surface area (Å²) in [5.41, 5.74) is 1.27. The van der Waals surface area contributed by atoms with Gasteiger partial charge >= 0.3 is 0 Å². The second-order valence-electron chi connectivity index (χ2n) is 4.08. The van der Waals surface area contributed by atoms with Crippen LogP contribution in [0.1, 0.15) is 17.3 Å². The molecule has 0 saturated heterocycles. The maximum absolute atomic E-state index is 5.16. The van der Waals surface area contributed by atoms with Crippen molar-refractivity contribution in [2.24, 2.45) is 0 Å². The third-order valence-corrected chi connectivity index (χ3v) is 3.70. The maximum Gasteiger partial charge on any atom is 0.240 e. The molecule has 0 spiro atoms. The van der Waals surface area contributed by atoms with E-state index in [2.05, 4.69) is 41.1 Å². The summed E-state index contributed by atoms with van der Waals surface area (Å²) >= 11 is 1.72. The lowest BCUT2D eigenvalue weighted by molar-refractivity contribution is 0.366. The molecule has 0 fully saturated rings. The number of hydrogen-bond acceptors (Lipinski definition) is 5. The predicted octanol–water partition coefficient (Wildman–Crippen LogP) is 2.95. The largest absolute Gasteiger partial charge is 0.338 e. The summed E-state index contributed by atoms with van der Waals surface area (Å²) in [5, 5.41) is 7.09. The number of aryl methyl sites for hydroxylation is 1. The van der Waals surface area contributed by atoms with Gasteiger partial charge in [-0.1, -0.05) is 29.4 Å². The van der Waals surface area contributed by atoms with E-state index in [1.54, 1.807) is 17.8 Å². The van der Waals surface area contributed by atoms with Crippen molar-refractivity contribution in [3.63, 3.8) is 0 Å². The van der Waals surface area contributed by atoms with Gasteiger partial charge in [0.1, 0.15) is 0 Å². The average molecular weight is 275 g/mol. The zero-order valence-corrected chi connectivity index (χ0v) is 11.7. The lowest BCUT2D eigenvalue weighted by Gasteiger charge is -2.01.